The van der Waals surface area contributed by atoms with Crippen LogP contribution >= 0.6 is 0 Å². The minimum absolute atomic E-state index is 0.0475. The van der Waals surface area contributed by atoms with Gasteiger partial charge in [0, 0.05) is 37.3 Å². The topological polar surface area (TPSA) is 80.3 Å². The first-order chi connectivity index (χ1) is 13.7. The van der Waals surface area contributed by atoms with Crippen LogP contribution in [0.4, 0.5) is 0 Å². The van der Waals surface area contributed by atoms with Crippen molar-refractivity contribution in [2.24, 2.45) is 5.92 Å². The van der Waals surface area contributed by atoms with E-state index in [-0.39, 0.29) is 11.9 Å². The van der Waals surface area contributed by atoms with Gasteiger partial charge in [0.15, 0.2) is 0 Å². The van der Waals surface area contributed by atoms with Crippen LogP contribution in [0.2, 0.25) is 0 Å². The summed E-state index contributed by atoms with van der Waals surface area (Å²) in [6.07, 6.45) is 7.25. The predicted octanol–water partition coefficient (Wildman–Crippen LogP) is 3.03. The number of aliphatic hydroxyl groups is 1. The van der Waals surface area contributed by atoms with Crippen LogP contribution in [0.1, 0.15) is 25.0 Å². The molecule has 1 unspecified atom stereocenters. The lowest BCUT2D eigenvalue weighted by Gasteiger charge is -2.16. The summed E-state index contributed by atoms with van der Waals surface area (Å²) in [5.74, 6) is 1.98. The van der Waals surface area contributed by atoms with Crippen molar-refractivity contribution in [3.05, 3.63) is 66.9 Å². The molecule has 0 saturated heterocycles. The largest absolute Gasteiger partial charge is 0.469 e. The fourth-order valence-electron chi connectivity index (χ4n) is 3.98. The van der Waals surface area contributed by atoms with Crippen LogP contribution in [-0.2, 0) is 17.8 Å². The lowest BCUT2D eigenvalue weighted by atomic mass is 10.1. The third-order valence-corrected chi connectivity index (χ3v) is 5.35. The molecular formula is C22H25N3O3. The molecule has 2 aromatic heterocycles. The van der Waals surface area contributed by atoms with Crippen LogP contribution in [0.5, 0.6) is 0 Å². The highest BCUT2D eigenvalue weighted by atomic mass is 16.3. The molecule has 6 heteroatoms. The fourth-order valence-corrected chi connectivity index (χ4v) is 3.98. The zero-order valence-corrected chi connectivity index (χ0v) is 15.7. The van der Waals surface area contributed by atoms with Crippen molar-refractivity contribution in [2.75, 3.05) is 0 Å². The summed E-state index contributed by atoms with van der Waals surface area (Å²) < 4.78 is 7.39. The number of amides is 1. The first-order valence-electron chi connectivity index (χ1n) is 9.75. The molecule has 146 valence electrons. The van der Waals surface area contributed by atoms with E-state index < -0.39 is 6.10 Å². The second kappa shape index (κ2) is 8.44. The molecule has 1 aromatic carbocycles. The van der Waals surface area contributed by atoms with E-state index in [0.29, 0.717) is 25.2 Å². The number of carbonyl (C=O) groups is 1. The van der Waals surface area contributed by atoms with Crippen molar-refractivity contribution >= 4 is 5.91 Å². The van der Waals surface area contributed by atoms with Crippen LogP contribution in [0, 0.1) is 5.92 Å². The van der Waals surface area contributed by atoms with E-state index in [0.717, 1.165) is 30.1 Å². The average molecular weight is 379 g/mol. The van der Waals surface area contributed by atoms with Crippen LogP contribution in [-0.4, -0.2) is 32.7 Å². The summed E-state index contributed by atoms with van der Waals surface area (Å²) >= 11 is 0. The van der Waals surface area contributed by atoms with Gasteiger partial charge in [0.1, 0.15) is 11.6 Å². The molecule has 1 aliphatic carbocycles. The molecule has 1 saturated carbocycles. The van der Waals surface area contributed by atoms with E-state index in [2.05, 4.69) is 14.9 Å². The number of carbonyl (C=O) groups excluding carboxylic acids is 1. The number of rotatable bonds is 7. The number of aliphatic hydroxyl groups excluding tert-OH is 1. The molecule has 1 amide bonds. The van der Waals surface area contributed by atoms with Gasteiger partial charge in [-0.05, 0) is 30.9 Å². The van der Waals surface area contributed by atoms with E-state index in [1.54, 1.807) is 6.26 Å². The van der Waals surface area contributed by atoms with Gasteiger partial charge in [0.05, 0.1) is 18.4 Å². The van der Waals surface area contributed by atoms with E-state index >= 15 is 0 Å². The molecule has 3 atom stereocenters. The Kier molecular flexibility index (Phi) is 5.58. The van der Waals surface area contributed by atoms with Crippen LogP contribution < -0.4 is 5.32 Å². The number of aromatic nitrogens is 2. The molecule has 0 bridgehead atoms. The maximum atomic E-state index is 12.2. The van der Waals surface area contributed by atoms with Crippen LogP contribution in [0.25, 0.3) is 11.4 Å². The molecule has 4 rings (SSSR count). The summed E-state index contributed by atoms with van der Waals surface area (Å²) in [6.45, 7) is 0.778. The zero-order valence-electron chi connectivity index (χ0n) is 15.7. The number of benzene rings is 1. The molecule has 3 aromatic rings. The third-order valence-electron chi connectivity index (χ3n) is 5.35. The minimum atomic E-state index is -0.513. The number of nitrogens with zero attached hydrogens (tertiary/aromatic N) is 2. The molecule has 1 aliphatic rings. The summed E-state index contributed by atoms with van der Waals surface area (Å²) in [7, 11) is 0. The Balaban J connectivity index is 1.32. The Morgan fingerprint density at radius 2 is 2.07 bits per heavy atom. The smallest absolute Gasteiger partial charge is 0.220 e. The second-order valence-electron chi connectivity index (χ2n) is 7.43. The standard InChI is InChI=1S/C22H25N3O3/c26-20-14-16(13-19(20)24-21(27)9-8-18-7-4-12-28-18)15-25-11-10-23-22(25)17-5-2-1-3-6-17/h1-7,10-12,16,19-20,26H,8-9,13-15H2,(H,24,27)/t16?,19-,20-/m1/s1. The fraction of sp³-hybridized carbons (Fsp3) is 0.364. The second-order valence-corrected chi connectivity index (χ2v) is 7.43. The van der Waals surface area contributed by atoms with Crippen LogP contribution in [0.3, 0.4) is 0 Å². The van der Waals surface area contributed by atoms with Gasteiger partial charge in [-0.3, -0.25) is 4.79 Å². The van der Waals surface area contributed by atoms with Crippen molar-refractivity contribution in [3.8, 4) is 11.4 Å². The molecule has 28 heavy (non-hydrogen) atoms. The van der Waals surface area contributed by atoms with E-state index in [9.17, 15) is 9.90 Å². The molecule has 6 nitrogen and oxygen atoms in total. The maximum Gasteiger partial charge on any atom is 0.220 e. The Hall–Kier alpha value is -2.86. The lowest BCUT2D eigenvalue weighted by Crippen LogP contribution is -2.40. The molecule has 1 fully saturated rings. The summed E-state index contributed by atoms with van der Waals surface area (Å²) in [6, 6.07) is 13.6. The average Bonchev–Trinajstić information content (AvgIpc) is 3.44. The Morgan fingerprint density at radius 1 is 1.21 bits per heavy atom. The van der Waals surface area contributed by atoms with Crippen LogP contribution in [0.15, 0.2) is 65.5 Å². The molecule has 0 aliphatic heterocycles. The van der Waals surface area contributed by atoms with Crippen molar-refractivity contribution in [3.63, 3.8) is 0 Å². The van der Waals surface area contributed by atoms with Gasteiger partial charge in [-0.1, -0.05) is 30.3 Å². The molecule has 0 spiro atoms. The lowest BCUT2D eigenvalue weighted by molar-refractivity contribution is -0.122. The number of furan rings is 1. The zero-order chi connectivity index (χ0) is 19.3. The summed E-state index contributed by atoms with van der Waals surface area (Å²) in [5, 5.41) is 13.4. The van der Waals surface area contributed by atoms with Crippen molar-refractivity contribution in [2.45, 2.75) is 44.4 Å². The Morgan fingerprint density at radius 3 is 2.86 bits per heavy atom. The first kappa shape index (κ1) is 18.5. The molecule has 0 radical (unpaired) electrons. The summed E-state index contributed by atoms with van der Waals surface area (Å²) in [4.78, 5) is 16.7. The normalized spacial score (nSPS) is 21.7. The van der Waals surface area contributed by atoms with Gasteiger partial charge in [-0.2, -0.15) is 0 Å². The van der Waals surface area contributed by atoms with E-state index in [1.165, 1.54) is 0 Å². The van der Waals surface area contributed by atoms with Crippen molar-refractivity contribution in [1.82, 2.24) is 14.9 Å². The number of hydrogen-bond acceptors (Lipinski definition) is 4. The van der Waals surface area contributed by atoms with E-state index in [4.69, 9.17) is 4.42 Å². The van der Waals surface area contributed by atoms with Gasteiger partial charge in [0.2, 0.25) is 5.91 Å². The van der Waals surface area contributed by atoms with Gasteiger partial charge in [-0.15, -0.1) is 0 Å². The highest BCUT2D eigenvalue weighted by molar-refractivity contribution is 5.76. The van der Waals surface area contributed by atoms with Gasteiger partial charge in [0.25, 0.3) is 0 Å². The number of aryl methyl sites for hydroxylation is 1. The van der Waals surface area contributed by atoms with Gasteiger partial charge in [-0.25, -0.2) is 4.98 Å². The quantitative estimate of drug-likeness (QED) is 0.661. The van der Waals surface area contributed by atoms with Crippen molar-refractivity contribution in [1.29, 1.82) is 0 Å². The third kappa shape index (κ3) is 4.34. The van der Waals surface area contributed by atoms with E-state index in [1.807, 2.05) is 54.9 Å². The molecule has 2 N–H and O–H groups in total. The highest BCUT2D eigenvalue weighted by Gasteiger charge is 2.34. The maximum absolute atomic E-state index is 12.2. The number of nitrogens with one attached hydrogen (secondary N) is 1. The predicted molar refractivity (Wildman–Crippen MR) is 105 cm³/mol. The Labute approximate surface area is 164 Å². The SMILES string of the molecule is O=C(CCc1ccco1)N[C@@H]1CC(Cn2ccnc2-c2ccccc2)C[C@H]1O. The minimum Gasteiger partial charge on any atom is -0.469 e. The van der Waals surface area contributed by atoms with Crippen molar-refractivity contribution < 1.29 is 14.3 Å². The molecule has 2 heterocycles. The number of imidazole rings is 1. The van der Waals surface area contributed by atoms with Gasteiger partial charge >= 0.3 is 0 Å². The summed E-state index contributed by atoms with van der Waals surface area (Å²) in [5.41, 5.74) is 1.08. The number of hydrogen-bond donors (Lipinski definition) is 2. The monoisotopic (exact) mass is 379 g/mol. The first-order valence-corrected chi connectivity index (χ1v) is 9.75. The molecular weight excluding hydrogens is 354 g/mol. The van der Waals surface area contributed by atoms with Gasteiger partial charge < -0.3 is 19.4 Å². The highest BCUT2D eigenvalue weighted by Crippen LogP contribution is 2.29. The Bertz CT molecular complexity index is 889.